The molecule has 9 heteroatoms. The summed E-state index contributed by atoms with van der Waals surface area (Å²) >= 11 is 0. The number of hydrogen-bond acceptors (Lipinski definition) is 7. The van der Waals surface area contributed by atoms with E-state index in [4.69, 9.17) is 9.47 Å². The number of fused-ring (bicyclic) bond motifs is 1. The Kier molecular flexibility index (Phi) is 6.65. The average molecular weight is 508 g/mol. The van der Waals surface area contributed by atoms with Gasteiger partial charge in [-0.05, 0) is 48.7 Å². The van der Waals surface area contributed by atoms with E-state index in [0.717, 1.165) is 27.2 Å². The number of aromatic nitrogens is 3. The summed E-state index contributed by atoms with van der Waals surface area (Å²) in [4.78, 5) is 51.3. The van der Waals surface area contributed by atoms with Crippen LogP contribution in [0.3, 0.4) is 0 Å². The van der Waals surface area contributed by atoms with Gasteiger partial charge < -0.3 is 14.0 Å². The molecule has 2 heterocycles. The van der Waals surface area contributed by atoms with Crippen LogP contribution in [0.2, 0.25) is 0 Å². The summed E-state index contributed by atoms with van der Waals surface area (Å²) in [5.74, 6) is -3.25. The Morgan fingerprint density at radius 3 is 2.32 bits per heavy atom. The first kappa shape index (κ1) is 24.4. The van der Waals surface area contributed by atoms with Crippen LogP contribution in [-0.2, 0) is 16.1 Å². The third kappa shape index (κ3) is 5.12. The van der Waals surface area contributed by atoms with Crippen LogP contribution in [0, 0.1) is 6.92 Å². The maximum absolute atomic E-state index is 13.1. The molecule has 0 fully saturated rings. The van der Waals surface area contributed by atoms with Crippen molar-refractivity contribution in [2.24, 2.45) is 0 Å². The number of carbonyl (C=O) groups is 3. The zero-order valence-electron chi connectivity index (χ0n) is 20.2. The summed E-state index contributed by atoms with van der Waals surface area (Å²) in [6.45, 7) is 1.69. The van der Waals surface area contributed by atoms with Crippen LogP contribution < -0.4 is 10.3 Å². The number of benzene rings is 3. The van der Waals surface area contributed by atoms with E-state index in [-0.39, 0.29) is 12.1 Å². The van der Waals surface area contributed by atoms with Crippen LogP contribution in [-0.4, -0.2) is 32.3 Å². The van der Waals surface area contributed by atoms with Gasteiger partial charge in [-0.25, -0.2) is 14.4 Å². The molecule has 5 aromatic rings. The predicted molar refractivity (Wildman–Crippen MR) is 138 cm³/mol. The van der Waals surface area contributed by atoms with Crippen molar-refractivity contribution in [1.29, 1.82) is 0 Å². The molecule has 0 aliphatic rings. The Morgan fingerprint density at radius 1 is 0.842 bits per heavy atom. The summed E-state index contributed by atoms with van der Waals surface area (Å²) in [5.41, 5.74) is 1.14. The molecule has 5 rings (SSSR count). The molecule has 0 bridgehead atoms. The summed E-state index contributed by atoms with van der Waals surface area (Å²) in [6, 6.07) is 25.1. The van der Waals surface area contributed by atoms with Gasteiger partial charge in [0.05, 0.1) is 17.3 Å². The van der Waals surface area contributed by atoms with Gasteiger partial charge >= 0.3 is 17.9 Å². The normalized spacial score (nSPS) is 10.8. The fourth-order valence-corrected chi connectivity index (χ4v) is 3.87. The lowest BCUT2D eigenvalue weighted by Crippen LogP contribution is -2.27. The second kappa shape index (κ2) is 10.4. The lowest BCUT2D eigenvalue weighted by Gasteiger charge is -2.12. The number of para-hydroxylation sites is 1. The van der Waals surface area contributed by atoms with Crippen molar-refractivity contribution >= 4 is 28.8 Å². The Bertz CT molecular complexity index is 1720. The third-order valence-corrected chi connectivity index (χ3v) is 5.77. The quantitative estimate of drug-likeness (QED) is 0.251. The molecule has 188 valence electrons. The SMILES string of the molecule is Cc1ccc(-n2nc(C(=O)OC(=O)c3ccccc3)c(OC(=O)Cn3ccc4ccccc43)cc2=O)cc1. The molecule has 9 nitrogen and oxygen atoms in total. The number of hydrogen-bond donors (Lipinski definition) is 0. The number of esters is 3. The molecule has 0 aliphatic carbocycles. The van der Waals surface area contributed by atoms with Crippen LogP contribution in [0.5, 0.6) is 5.75 Å². The first-order chi connectivity index (χ1) is 18.4. The fourth-order valence-electron chi connectivity index (χ4n) is 3.87. The highest BCUT2D eigenvalue weighted by atomic mass is 16.6. The van der Waals surface area contributed by atoms with Gasteiger partial charge in [-0.2, -0.15) is 9.78 Å². The van der Waals surface area contributed by atoms with E-state index in [1.165, 1.54) is 12.1 Å². The van der Waals surface area contributed by atoms with Crippen molar-refractivity contribution in [3.8, 4) is 11.4 Å². The smallest absolute Gasteiger partial charge is 0.370 e. The minimum Gasteiger partial charge on any atom is -0.422 e. The van der Waals surface area contributed by atoms with Crippen molar-refractivity contribution in [3.63, 3.8) is 0 Å². The van der Waals surface area contributed by atoms with Gasteiger partial charge in [0.2, 0.25) is 5.69 Å². The second-order valence-electron chi connectivity index (χ2n) is 8.46. The largest absolute Gasteiger partial charge is 0.422 e. The van der Waals surface area contributed by atoms with E-state index in [1.54, 1.807) is 53.2 Å². The van der Waals surface area contributed by atoms with Crippen molar-refractivity contribution in [2.45, 2.75) is 13.5 Å². The molecule has 0 saturated carbocycles. The van der Waals surface area contributed by atoms with Crippen LogP contribution >= 0.6 is 0 Å². The summed E-state index contributed by atoms with van der Waals surface area (Å²) in [5, 5.41) is 5.05. The molecule has 38 heavy (non-hydrogen) atoms. The van der Waals surface area contributed by atoms with Crippen LogP contribution in [0.15, 0.2) is 102 Å². The molecule has 0 atom stereocenters. The van der Waals surface area contributed by atoms with Crippen molar-refractivity contribution in [1.82, 2.24) is 14.3 Å². The number of rotatable bonds is 6. The van der Waals surface area contributed by atoms with Gasteiger partial charge in [-0.1, -0.05) is 54.1 Å². The highest BCUT2D eigenvalue weighted by Gasteiger charge is 2.25. The summed E-state index contributed by atoms with van der Waals surface area (Å²) in [7, 11) is 0. The monoisotopic (exact) mass is 507 g/mol. The third-order valence-electron chi connectivity index (χ3n) is 5.77. The second-order valence-corrected chi connectivity index (χ2v) is 8.46. The zero-order valence-corrected chi connectivity index (χ0v) is 20.2. The standard InChI is InChI=1S/C29H21N3O6/c1-19-11-13-22(14-12-19)32-25(33)17-24(27(30-32)29(36)38-28(35)21-8-3-2-4-9-21)37-26(34)18-31-16-15-20-7-5-6-10-23(20)31/h2-17H,18H2,1H3. The molecule has 0 saturated heterocycles. The van der Waals surface area contributed by atoms with Gasteiger partial charge in [0, 0.05) is 11.7 Å². The Balaban J connectivity index is 1.48. The molecule has 0 N–H and O–H groups in total. The fraction of sp³-hybridized carbons (Fsp3) is 0.0690. The predicted octanol–water partition coefficient (Wildman–Crippen LogP) is 4.10. The highest BCUT2D eigenvalue weighted by Crippen LogP contribution is 2.19. The first-order valence-electron chi connectivity index (χ1n) is 11.7. The Hall–Kier alpha value is -5.31. The van der Waals surface area contributed by atoms with E-state index in [1.807, 2.05) is 37.3 Å². The van der Waals surface area contributed by atoms with E-state index >= 15 is 0 Å². The lowest BCUT2D eigenvalue weighted by molar-refractivity contribution is -0.135. The molecule has 0 spiro atoms. The summed E-state index contributed by atoms with van der Waals surface area (Å²) in [6.07, 6.45) is 1.73. The molecule has 3 aromatic carbocycles. The van der Waals surface area contributed by atoms with Crippen LogP contribution in [0.25, 0.3) is 16.6 Å². The van der Waals surface area contributed by atoms with Gasteiger partial charge in [0.1, 0.15) is 6.54 Å². The van der Waals surface area contributed by atoms with Gasteiger partial charge in [-0.3, -0.25) is 4.79 Å². The van der Waals surface area contributed by atoms with Crippen LogP contribution in [0.4, 0.5) is 0 Å². The molecule has 0 aliphatic heterocycles. The van der Waals surface area contributed by atoms with E-state index in [2.05, 4.69) is 5.10 Å². The average Bonchev–Trinajstić information content (AvgIpc) is 3.32. The molecule has 0 unspecified atom stereocenters. The minimum atomic E-state index is -1.17. The van der Waals surface area contributed by atoms with Gasteiger partial charge in [0.25, 0.3) is 5.56 Å². The van der Waals surface area contributed by atoms with E-state index < -0.39 is 34.9 Å². The molecule has 0 amide bonds. The maximum Gasteiger partial charge on any atom is 0.370 e. The van der Waals surface area contributed by atoms with Crippen molar-refractivity contribution in [2.75, 3.05) is 0 Å². The number of aryl methyl sites for hydroxylation is 1. The van der Waals surface area contributed by atoms with Gasteiger partial charge in [0.15, 0.2) is 5.75 Å². The van der Waals surface area contributed by atoms with Crippen LogP contribution in [0.1, 0.15) is 26.4 Å². The Labute approximate surface area is 216 Å². The van der Waals surface area contributed by atoms with Crippen molar-refractivity contribution in [3.05, 3.63) is 124 Å². The Morgan fingerprint density at radius 2 is 1.55 bits per heavy atom. The number of ether oxygens (including phenoxy) is 2. The van der Waals surface area contributed by atoms with E-state index in [0.29, 0.717) is 5.69 Å². The molecule has 2 aromatic heterocycles. The van der Waals surface area contributed by atoms with Gasteiger partial charge in [-0.15, -0.1) is 0 Å². The van der Waals surface area contributed by atoms with Crippen molar-refractivity contribution < 1.29 is 23.9 Å². The molecule has 0 radical (unpaired) electrons. The van der Waals surface area contributed by atoms with E-state index in [9.17, 15) is 19.2 Å². The zero-order chi connectivity index (χ0) is 26.6. The first-order valence-corrected chi connectivity index (χ1v) is 11.7. The minimum absolute atomic E-state index is 0.144. The topological polar surface area (TPSA) is 109 Å². The lowest BCUT2D eigenvalue weighted by atomic mass is 10.2. The summed E-state index contributed by atoms with van der Waals surface area (Å²) < 4.78 is 13.1. The number of nitrogens with zero attached hydrogens (tertiary/aromatic N) is 3. The maximum atomic E-state index is 13.1. The highest BCUT2D eigenvalue weighted by molar-refractivity contribution is 6.03. The number of carbonyl (C=O) groups excluding carboxylic acids is 3. The molecular weight excluding hydrogens is 486 g/mol. The molecular formula is C29H21N3O6.